The van der Waals surface area contributed by atoms with Crippen LogP contribution in [0.3, 0.4) is 0 Å². The van der Waals surface area contributed by atoms with Crippen molar-refractivity contribution < 1.29 is 8.42 Å². The molecule has 1 N–H and O–H groups in total. The van der Waals surface area contributed by atoms with Gasteiger partial charge >= 0.3 is 0 Å². The minimum Gasteiger partial charge on any atom is -0.355 e. The van der Waals surface area contributed by atoms with Gasteiger partial charge in [-0.25, -0.2) is 12.7 Å². The molecule has 10 heteroatoms. The first-order valence-electron chi connectivity index (χ1n) is 8.25. The molecule has 1 heterocycles. The van der Waals surface area contributed by atoms with Gasteiger partial charge in [-0.15, -0.1) is 0 Å². The summed E-state index contributed by atoms with van der Waals surface area (Å²) in [6.45, 7) is 2.08. The Hall–Kier alpha value is -0.670. The van der Waals surface area contributed by atoms with Gasteiger partial charge in [0.15, 0.2) is 5.96 Å². The molecular formula is C16H24Cl2N4O2S2. The van der Waals surface area contributed by atoms with Gasteiger partial charge in [0.1, 0.15) is 0 Å². The van der Waals surface area contributed by atoms with E-state index in [1.807, 2.05) is 24.1 Å². The molecule has 0 atom stereocenters. The molecule has 0 aromatic heterocycles. The Morgan fingerprint density at radius 2 is 2.00 bits per heavy atom. The number of aliphatic imine (C=N–C) groups is 1. The first-order chi connectivity index (χ1) is 12.3. The summed E-state index contributed by atoms with van der Waals surface area (Å²) in [6.07, 6.45) is 0. The lowest BCUT2D eigenvalue weighted by atomic mass is 10.2. The van der Waals surface area contributed by atoms with E-state index in [0.29, 0.717) is 42.2 Å². The van der Waals surface area contributed by atoms with E-state index in [2.05, 4.69) is 10.3 Å². The number of nitrogens with zero attached hydrogens (tertiary/aromatic N) is 3. The number of hydrogen-bond acceptors (Lipinski definition) is 4. The number of nitrogens with one attached hydrogen (secondary N) is 1. The topological polar surface area (TPSA) is 65.0 Å². The molecule has 1 aromatic carbocycles. The van der Waals surface area contributed by atoms with Gasteiger partial charge in [-0.1, -0.05) is 29.3 Å². The standard InChI is InChI=1S/C16H24Cl2N4O2S2/c1-19-16(21(2)12-13-3-4-14(17)15(18)11-13)20-5-10-26(23,24)22-6-8-25-9-7-22/h3-4,11H,5-10,12H2,1-2H3,(H,19,20). The lowest BCUT2D eigenvalue weighted by molar-refractivity contribution is 0.442. The van der Waals surface area contributed by atoms with E-state index in [1.165, 1.54) is 0 Å². The van der Waals surface area contributed by atoms with Crippen LogP contribution in [-0.2, 0) is 16.6 Å². The second kappa shape index (κ2) is 10.0. The molecule has 1 aliphatic rings. The summed E-state index contributed by atoms with van der Waals surface area (Å²) in [5, 5.41) is 4.14. The van der Waals surface area contributed by atoms with E-state index < -0.39 is 10.0 Å². The Morgan fingerprint density at radius 1 is 1.31 bits per heavy atom. The molecular weight excluding hydrogens is 415 g/mol. The highest BCUT2D eigenvalue weighted by molar-refractivity contribution is 7.99. The first-order valence-corrected chi connectivity index (χ1v) is 11.8. The van der Waals surface area contributed by atoms with Gasteiger partial charge in [0, 0.05) is 51.8 Å². The van der Waals surface area contributed by atoms with Gasteiger partial charge < -0.3 is 10.2 Å². The van der Waals surface area contributed by atoms with Crippen molar-refractivity contribution >= 4 is 50.9 Å². The molecule has 146 valence electrons. The van der Waals surface area contributed by atoms with Crippen molar-refractivity contribution in [2.24, 2.45) is 4.99 Å². The fourth-order valence-electron chi connectivity index (χ4n) is 2.62. The molecule has 0 unspecified atom stereocenters. The Morgan fingerprint density at radius 3 is 2.62 bits per heavy atom. The smallest absolute Gasteiger partial charge is 0.215 e. The van der Waals surface area contributed by atoms with Crippen LogP contribution < -0.4 is 5.32 Å². The molecule has 0 bridgehead atoms. The van der Waals surface area contributed by atoms with Crippen molar-refractivity contribution in [2.75, 3.05) is 51.0 Å². The van der Waals surface area contributed by atoms with E-state index in [4.69, 9.17) is 23.2 Å². The summed E-state index contributed by atoms with van der Waals surface area (Å²) >= 11 is 13.8. The predicted molar refractivity (Wildman–Crippen MR) is 112 cm³/mol. The summed E-state index contributed by atoms with van der Waals surface area (Å²) in [6, 6.07) is 5.47. The predicted octanol–water partition coefficient (Wildman–Crippen LogP) is 2.38. The maximum absolute atomic E-state index is 12.4. The SMILES string of the molecule is CN=C(NCCS(=O)(=O)N1CCSCC1)N(C)Cc1ccc(Cl)c(Cl)c1. The number of thioether (sulfide) groups is 1. The fourth-order valence-corrected chi connectivity index (χ4v) is 5.43. The highest BCUT2D eigenvalue weighted by atomic mass is 35.5. The zero-order valence-corrected chi connectivity index (χ0v) is 18.1. The third-order valence-electron chi connectivity index (χ3n) is 3.98. The van der Waals surface area contributed by atoms with Crippen molar-refractivity contribution in [2.45, 2.75) is 6.54 Å². The normalized spacial score (nSPS) is 16.5. The number of rotatable bonds is 6. The Kier molecular flexibility index (Phi) is 8.35. The van der Waals surface area contributed by atoms with Crippen LogP contribution >= 0.6 is 35.0 Å². The second-order valence-corrected chi connectivity index (χ2v) is 10.0. The lowest BCUT2D eigenvalue weighted by Crippen LogP contribution is -2.44. The van der Waals surface area contributed by atoms with Crippen molar-refractivity contribution in [1.82, 2.24) is 14.5 Å². The minimum absolute atomic E-state index is 0.0529. The second-order valence-electron chi connectivity index (χ2n) is 5.91. The fraction of sp³-hybridized carbons (Fsp3) is 0.562. The van der Waals surface area contributed by atoms with Crippen LogP contribution in [0, 0.1) is 0 Å². The van der Waals surface area contributed by atoms with Gasteiger partial charge in [0.2, 0.25) is 10.0 Å². The first kappa shape index (κ1) is 21.6. The maximum atomic E-state index is 12.4. The van der Waals surface area contributed by atoms with Crippen LogP contribution in [0.2, 0.25) is 10.0 Å². The molecule has 0 aliphatic carbocycles. The van der Waals surface area contributed by atoms with Crippen LogP contribution in [0.5, 0.6) is 0 Å². The van der Waals surface area contributed by atoms with Gasteiger partial charge in [0.25, 0.3) is 0 Å². The highest BCUT2D eigenvalue weighted by Crippen LogP contribution is 2.23. The van der Waals surface area contributed by atoms with E-state index in [-0.39, 0.29) is 5.75 Å². The molecule has 0 amide bonds. The quantitative estimate of drug-likeness (QED) is 0.545. The van der Waals surface area contributed by atoms with E-state index in [1.54, 1.807) is 29.2 Å². The van der Waals surface area contributed by atoms with Crippen molar-refractivity contribution in [3.05, 3.63) is 33.8 Å². The summed E-state index contributed by atoms with van der Waals surface area (Å²) in [5.41, 5.74) is 0.989. The van der Waals surface area contributed by atoms with Gasteiger partial charge in [0.05, 0.1) is 15.8 Å². The number of sulfonamides is 1. The minimum atomic E-state index is -3.23. The molecule has 1 saturated heterocycles. The summed E-state index contributed by atoms with van der Waals surface area (Å²) in [7, 11) is 0.323. The average molecular weight is 439 g/mol. The molecule has 1 aromatic rings. The molecule has 1 aliphatic heterocycles. The average Bonchev–Trinajstić information content (AvgIpc) is 2.62. The summed E-state index contributed by atoms with van der Waals surface area (Å²) in [5.74, 6) is 2.40. The highest BCUT2D eigenvalue weighted by Gasteiger charge is 2.23. The monoisotopic (exact) mass is 438 g/mol. The van der Waals surface area contributed by atoms with Crippen LogP contribution in [-0.4, -0.2) is 74.6 Å². The number of benzene rings is 1. The maximum Gasteiger partial charge on any atom is 0.215 e. The summed E-state index contributed by atoms with van der Waals surface area (Å²) < 4.78 is 26.3. The van der Waals surface area contributed by atoms with Crippen LogP contribution in [0.15, 0.2) is 23.2 Å². The number of hydrogen-bond donors (Lipinski definition) is 1. The van der Waals surface area contributed by atoms with Gasteiger partial charge in [-0.05, 0) is 17.7 Å². The third-order valence-corrected chi connectivity index (χ3v) is 7.54. The molecule has 0 spiro atoms. The molecule has 26 heavy (non-hydrogen) atoms. The van der Waals surface area contributed by atoms with Crippen molar-refractivity contribution in [3.63, 3.8) is 0 Å². The Bertz CT molecular complexity index is 738. The molecule has 6 nitrogen and oxygen atoms in total. The van der Waals surface area contributed by atoms with E-state index in [9.17, 15) is 8.42 Å². The summed E-state index contributed by atoms with van der Waals surface area (Å²) in [4.78, 5) is 6.12. The lowest BCUT2D eigenvalue weighted by Gasteiger charge is -2.26. The third kappa shape index (κ3) is 6.20. The van der Waals surface area contributed by atoms with Crippen molar-refractivity contribution in [1.29, 1.82) is 0 Å². The van der Waals surface area contributed by atoms with Gasteiger partial charge in [-0.2, -0.15) is 11.8 Å². The zero-order chi connectivity index (χ0) is 19.2. The molecule has 0 saturated carbocycles. The number of halogens is 2. The van der Waals surface area contributed by atoms with Crippen molar-refractivity contribution in [3.8, 4) is 0 Å². The molecule has 2 rings (SSSR count). The molecule has 0 radical (unpaired) electrons. The van der Waals surface area contributed by atoms with E-state index >= 15 is 0 Å². The van der Waals surface area contributed by atoms with Crippen LogP contribution in [0.1, 0.15) is 5.56 Å². The van der Waals surface area contributed by atoms with Crippen LogP contribution in [0.4, 0.5) is 0 Å². The van der Waals surface area contributed by atoms with Crippen LogP contribution in [0.25, 0.3) is 0 Å². The molecule has 1 fully saturated rings. The number of guanidine groups is 1. The zero-order valence-electron chi connectivity index (χ0n) is 14.9. The Balaban J connectivity index is 1.87. The largest absolute Gasteiger partial charge is 0.355 e. The Labute approximate surface area is 170 Å². The van der Waals surface area contributed by atoms with E-state index in [0.717, 1.165) is 17.1 Å². The van der Waals surface area contributed by atoms with Gasteiger partial charge in [-0.3, -0.25) is 4.99 Å².